The molecule has 4 aromatic rings. The Morgan fingerprint density at radius 2 is 1.97 bits per heavy atom. The number of pyridine rings is 1. The maximum atomic E-state index is 14.0. The van der Waals surface area contributed by atoms with E-state index in [9.17, 15) is 14.0 Å². The lowest BCUT2D eigenvalue weighted by atomic mass is 10.1. The average molecular weight is 476 g/mol. The van der Waals surface area contributed by atoms with Crippen LogP contribution in [0.4, 0.5) is 15.9 Å². The highest BCUT2D eigenvalue weighted by Gasteiger charge is 2.31. The molecule has 12 heteroatoms. The molecule has 35 heavy (non-hydrogen) atoms. The SMILES string of the molecule is COc1ncc(F)cc1[C@H]1CCCN1c1cn2c(C(=O)Nc3ccc(C(N)=O)cc3)nnc2cn1. The zero-order chi connectivity index (χ0) is 24.5. The summed E-state index contributed by atoms with van der Waals surface area (Å²) >= 11 is 0. The molecule has 0 bridgehead atoms. The summed E-state index contributed by atoms with van der Waals surface area (Å²) in [5.74, 6) is -0.503. The second-order valence-electron chi connectivity index (χ2n) is 8.00. The Labute approximate surface area is 198 Å². The summed E-state index contributed by atoms with van der Waals surface area (Å²) in [5.41, 5.74) is 7.08. The Morgan fingerprint density at radius 3 is 2.71 bits per heavy atom. The third-order valence-electron chi connectivity index (χ3n) is 5.85. The van der Waals surface area contributed by atoms with Gasteiger partial charge in [-0.15, -0.1) is 10.2 Å². The van der Waals surface area contributed by atoms with Crippen LogP contribution in [0.1, 0.15) is 45.4 Å². The standard InChI is InChI=1S/C23H21FN8O3/c1-35-23-16(9-14(24)10-27-23)17-3-2-8-31(17)19-12-32-18(11-26-19)29-30-21(32)22(34)28-15-6-4-13(5-7-15)20(25)33/h4-7,9-12,17H,2-3,8H2,1H3,(H2,25,33)(H,28,34)/t17-/m1/s1. The highest BCUT2D eigenvalue weighted by atomic mass is 19.1. The molecule has 0 aliphatic carbocycles. The van der Waals surface area contributed by atoms with Gasteiger partial charge < -0.3 is 20.7 Å². The van der Waals surface area contributed by atoms with Gasteiger partial charge in [-0.1, -0.05) is 0 Å². The fourth-order valence-electron chi connectivity index (χ4n) is 4.22. The van der Waals surface area contributed by atoms with Crippen molar-refractivity contribution in [3.05, 3.63) is 71.7 Å². The van der Waals surface area contributed by atoms with E-state index in [1.165, 1.54) is 31.5 Å². The normalized spacial score (nSPS) is 15.4. The second kappa shape index (κ2) is 8.97. The van der Waals surface area contributed by atoms with Gasteiger partial charge >= 0.3 is 0 Å². The van der Waals surface area contributed by atoms with Gasteiger partial charge in [-0.2, -0.15) is 0 Å². The second-order valence-corrected chi connectivity index (χ2v) is 8.00. The molecular formula is C23H21FN8O3. The van der Waals surface area contributed by atoms with Crippen molar-refractivity contribution in [2.45, 2.75) is 18.9 Å². The molecule has 1 aliphatic heterocycles. The number of carbonyl (C=O) groups excluding carboxylic acids is 2. The zero-order valence-electron chi connectivity index (χ0n) is 18.7. The van der Waals surface area contributed by atoms with E-state index in [0.717, 1.165) is 19.0 Å². The number of nitrogens with zero attached hydrogens (tertiary/aromatic N) is 6. The van der Waals surface area contributed by atoms with Crippen LogP contribution in [0.15, 0.2) is 48.9 Å². The van der Waals surface area contributed by atoms with Crippen molar-refractivity contribution in [1.29, 1.82) is 0 Å². The first-order valence-corrected chi connectivity index (χ1v) is 10.8. The number of amides is 2. The zero-order valence-corrected chi connectivity index (χ0v) is 18.7. The maximum Gasteiger partial charge on any atom is 0.293 e. The molecule has 5 rings (SSSR count). The molecule has 1 atom stereocenters. The summed E-state index contributed by atoms with van der Waals surface area (Å²) in [6.45, 7) is 0.679. The number of fused-ring (bicyclic) bond motifs is 1. The van der Waals surface area contributed by atoms with Crippen LogP contribution in [0.3, 0.4) is 0 Å². The molecule has 0 spiro atoms. The lowest BCUT2D eigenvalue weighted by Gasteiger charge is -2.26. The molecule has 0 unspecified atom stereocenters. The van der Waals surface area contributed by atoms with Gasteiger partial charge in [0.25, 0.3) is 5.91 Å². The summed E-state index contributed by atoms with van der Waals surface area (Å²) in [4.78, 5) is 34.7. The largest absolute Gasteiger partial charge is 0.481 e. The van der Waals surface area contributed by atoms with Crippen LogP contribution in [0.25, 0.3) is 5.65 Å². The number of benzene rings is 1. The van der Waals surface area contributed by atoms with Crippen LogP contribution in [-0.2, 0) is 0 Å². The highest BCUT2D eigenvalue weighted by molar-refractivity contribution is 6.02. The number of hydrogen-bond donors (Lipinski definition) is 2. The summed E-state index contributed by atoms with van der Waals surface area (Å²) in [6, 6.07) is 7.41. The first-order chi connectivity index (χ1) is 16.9. The smallest absolute Gasteiger partial charge is 0.293 e. The van der Waals surface area contributed by atoms with E-state index >= 15 is 0 Å². The molecule has 3 N–H and O–H groups in total. The molecule has 3 aromatic heterocycles. The van der Waals surface area contributed by atoms with Gasteiger partial charge in [-0.3, -0.25) is 14.0 Å². The number of anilines is 2. The number of nitrogens with one attached hydrogen (secondary N) is 1. The predicted octanol–water partition coefficient (Wildman–Crippen LogP) is 2.36. The van der Waals surface area contributed by atoms with Crippen LogP contribution in [-0.4, -0.2) is 50.0 Å². The summed E-state index contributed by atoms with van der Waals surface area (Å²) in [7, 11) is 1.50. The van der Waals surface area contributed by atoms with Crippen LogP contribution >= 0.6 is 0 Å². The van der Waals surface area contributed by atoms with Crippen LogP contribution < -0.4 is 20.7 Å². The van der Waals surface area contributed by atoms with Gasteiger partial charge in [-0.05, 0) is 43.2 Å². The van der Waals surface area contributed by atoms with Crippen molar-refractivity contribution in [2.75, 3.05) is 23.9 Å². The fraction of sp³-hybridized carbons (Fsp3) is 0.217. The van der Waals surface area contributed by atoms with E-state index in [1.807, 2.05) is 4.90 Å². The summed E-state index contributed by atoms with van der Waals surface area (Å²) in [5, 5.41) is 10.8. The fourth-order valence-corrected chi connectivity index (χ4v) is 4.22. The van der Waals surface area contributed by atoms with Crippen molar-refractivity contribution in [3.8, 4) is 5.88 Å². The average Bonchev–Trinajstić information content (AvgIpc) is 3.51. The summed E-state index contributed by atoms with van der Waals surface area (Å²) in [6.07, 6.45) is 5.95. The Hall–Kier alpha value is -4.61. The lowest BCUT2D eigenvalue weighted by molar-refractivity contribution is 0.0997. The predicted molar refractivity (Wildman–Crippen MR) is 124 cm³/mol. The Kier molecular flexibility index (Phi) is 5.69. The van der Waals surface area contributed by atoms with Crippen molar-refractivity contribution in [3.63, 3.8) is 0 Å². The highest BCUT2D eigenvalue weighted by Crippen LogP contribution is 2.38. The van der Waals surface area contributed by atoms with E-state index < -0.39 is 17.6 Å². The van der Waals surface area contributed by atoms with Gasteiger partial charge in [0, 0.05) is 23.4 Å². The van der Waals surface area contributed by atoms with E-state index in [1.54, 1.807) is 22.7 Å². The first-order valence-electron chi connectivity index (χ1n) is 10.8. The Balaban J connectivity index is 1.44. The number of halogens is 1. The number of carbonyl (C=O) groups is 2. The van der Waals surface area contributed by atoms with Crippen molar-refractivity contribution >= 4 is 29.0 Å². The molecule has 1 aliphatic rings. The van der Waals surface area contributed by atoms with Crippen molar-refractivity contribution in [1.82, 2.24) is 24.6 Å². The minimum atomic E-state index is -0.557. The molecule has 1 fully saturated rings. The quantitative estimate of drug-likeness (QED) is 0.432. The summed E-state index contributed by atoms with van der Waals surface area (Å²) < 4.78 is 20.9. The number of rotatable bonds is 6. The van der Waals surface area contributed by atoms with Crippen LogP contribution in [0, 0.1) is 5.82 Å². The minimum absolute atomic E-state index is 0.0587. The number of nitrogens with two attached hydrogens (primary N) is 1. The van der Waals surface area contributed by atoms with E-state index in [-0.39, 0.29) is 11.9 Å². The van der Waals surface area contributed by atoms with E-state index in [0.29, 0.717) is 40.7 Å². The van der Waals surface area contributed by atoms with Gasteiger partial charge in [0.05, 0.1) is 31.7 Å². The number of hydrogen-bond acceptors (Lipinski definition) is 8. The van der Waals surface area contributed by atoms with Crippen LogP contribution in [0.5, 0.6) is 5.88 Å². The maximum absolute atomic E-state index is 14.0. The molecule has 1 saturated heterocycles. The van der Waals surface area contributed by atoms with E-state index in [2.05, 4.69) is 25.5 Å². The molecule has 4 heterocycles. The molecule has 0 radical (unpaired) electrons. The molecule has 11 nitrogen and oxygen atoms in total. The van der Waals surface area contributed by atoms with E-state index in [4.69, 9.17) is 10.5 Å². The van der Waals surface area contributed by atoms with Crippen LogP contribution in [0.2, 0.25) is 0 Å². The van der Waals surface area contributed by atoms with Crippen molar-refractivity contribution in [2.24, 2.45) is 5.73 Å². The Morgan fingerprint density at radius 1 is 1.17 bits per heavy atom. The van der Waals surface area contributed by atoms with Gasteiger partial charge in [0.15, 0.2) is 5.65 Å². The number of methoxy groups -OCH3 is 1. The molecular weight excluding hydrogens is 455 g/mol. The topological polar surface area (TPSA) is 141 Å². The molecule has 2 amide bonds. The van der Waals surface area contributed by atoms with Gasteiger partial charge in [-0.25, -0.2) is 14.4 Å². The Bertz CT molecular complexity index is 1420. The lowest BCUT2D eigenvalue weighted by Crippen LogP contribution is -2.25. The third-order valence-corrected chi connectivity index (χ3v) is 5.85. The third kappa shape index (κ3) is 4.21. The van der Waals surface area contributed by atoms with Gasteiger partial charge in [0.1, 0.15) is 11.6 Å². The number of primary amides is 1. The number of ether oxygens (including phenoxy) is 1. The first kappa shape index (κ1) is 22.2. The minimum Gasteiger partial charge on any atom is -0.481 e. The number of aromatic nitrogens is 5. The monoisotopic (exact) mass is 476 g/mol. The van der Waals surface area contributed by atoms with Gasteiger partial charge in [0.2, 0.25) is 17.6 Å². The molecule has 178 valence electrons. The molecule has 0 saturated carbocycles. The molecule has 1 aromatic carbocycles. The van der Waals surface area contributed by atoms with Crippen molar-refractivity contribution < 1.29 is 18.7 Å².